The first-order valence-electron chi connectivity index (χ1n) is 5.13. The molecule has 0 fully saturated rings. The van der Waals surface area contributed by atoms with Crippen molar-refractivity contribution in [1.29, 1.82) is 0 Å². The Morgan fingerprint density at radius 2 is 2.14 bits per heavy atom. The van der Waals surface area contributed by atoms with E-state index in [2.05, 4.69) is 5.32 Å². The Hall–Kier alpha value is -1.06. The fourth-order valence-electron chi connectivity index (χ4n) is 1.30. The van der Waals surface area contributed by atoms with Gasteiger partial charge in [0, 0.05) is 25.6 Å². The third-order valence-electron chi connectivity index (χ3n) is 2.06. The van der Waals surface area contributed by atoms with Crippen molar-refractivity contribution in [3.8, 4) is 0 Å². The molecule has 1 atom stereocenters. The number of amides is 2. The number of nitrogens with one attached hydrogen (secondary N) is 1. The minimum atomic E-state index is -0.0779. The van der Waals surface area contributed by atoms with Crippen LogP contribution in [0.1, 0.15) is 33.6 Å². The van der Waals surface area contributed by atoms with Gasteiger partial charge in [-0.05, 0) is 20.3 Å². The fraction of sp³-hybridized carbons (Fsp3) is 0.800. The van der Waals surface area contributed by atoms with Crippen LogP contribution in [0.25, 0.3) is 0 Å². The maximum atomic E-state index is 11.6. The van der Waals surface area contributed by atoms with E-state index in [9.17, 15) is 9.59 Å². The molecule has 0 spiro atoms. The summed E-state index contributed by atoms with van der Waals surface area (Å²) in [6.45, 7) is 7.37. The van der Waals surface area contributed by atoms with Crippen molar-refractivity contribution in [2.45, 2.75) is 39.7 Å². The van der Waals surface area contributed by atoms with Crippen molar-refractivity contribution in [1.82, 2.24) is 10.2 Å². The van der Waals surface area contributed by atoms with Crippen LogP contribution in [0.2, 0.25) is 0 Å². The molecular weight excluding hydrogens is 180 g/mol. The lowest BCUT2D eigenvalue weighted by Gasteiger charge is -2.21. The highest BCUT2D eigenvalue weighted by Crippen LogP contribution is 1.99. The predicted molar refractivity (Wildman–Crippen MR) is 55.8 cm³/mol. The summed E-state index contributed by atoms with van der Waals surface area (Å²) in [7, 11) is 0. The van der Waals surface area contributed by atoms with Crippen molar-refractivity contribution in [2.75, 3.05) is 13.1 Å². The second-order valence-corrected chi connectivity index (χ2v) is 3.36. The zero-order valence-electron chi connectivity index (χ0n) is 9.25. The molecule has 0 radical (unpaired) electrons. The van der Waals surface area contributed by atoms with Gasteiger partial charge in [-0.1, -0.05) is 6.92 Å². The molecule has 14 heavy (non-hydrogen) atoms. The minimum Gasteiger partial charge on any atom is -0.356 e. The smallest absolute Gasteiger partial charge is 0.224 e. The lowest BCUT2D eigenvalue weighted by Crippen LogP contribution is -2.36. The molecule has 0 aliphatic carbocycles. The van der Waals surface area contributed by atoms with E-state index >= 15 is 0 Å². The molecule has 0 aliphatic heterocycles. The van der Waals surface area contributed by atoms with Gasteiger partial charge in [0.25, 0.3) is 0 Å². The normalized spacial score (nSPS) is 11.9. The summed E-state index contributed by atoms with van der Waals surface area (Å²) < 4.78 is 0. The third-order valence-corrected chi connectivity index (χ3v) is 2.06. The monoisotopic (exact) mass is 200 g/mol. The van der Waals surface area contributed by atoms with Gasteiger partial charge < -0.3 is 10.2 Å². The number of nitrogens with zero attached hydrogens (tertiary/aromatic N) is 1. The maximum Gasteiger partial charge on any atom is 0.224 e. The van der Waals surface area contributed by atoms with Crippen molar-refractivity contribution in [3.05, 3.63) is 0 Å². The Balaban J connectivity index is 3.96. The molecule has 1 N–H and O–H groups in total. The molecule has 0 rings (SSSR count). The van der Waals surface area contributed by atoms with Crippen molar-refractivity contribution in [3.63, 3.8) is 0 Å². The van der Waals surface area contributed by atoms with E-state index in [0.717, 1.165) is 19.5 Å². The molecule has 0 saturated carbocycles. The van der Waals surface area contributed by atoms with Gasteiger partial charge in [0.2, 0.25) is 12.3 Å². The molecule has 1 unspecified atom stereocenters. The molecule has 0 aliphatic rings. The SMILES string of the molecule is CCCN(CC)C(=O)CC(C)NC=O. The molecule has 0 aromatic heterocycles. The molecule has 0 bridgehead atoms. The Morgan fingerprint density at radius 3 is 2.57 bits per heavy atom. The Morgan fingerprint density at radius 1 is 1.50 bits per heavy atom. The summed E-state index contributed by atoms with van der Waals surface area (Å²) in [5, 5.41) is 2.57. The van der Waals surface area contributed by atoms with Crippen LogP contribution in [-0.4, -0.2) is 36.3 Å². The number of hydrogen-bond donors (Lipinski definition) is 1. The minimum absolute atomic E-state index is 0.0779. The van der Waals surface area contributed by atoms with Crippen LogP contribution in [0.3, 0.4) is 0 Å². The molecular formula is C10H20N2O2. The zero-order valence-corrected chi connectivity index (χ0v) is 9.25. The largest absolute Gasteiger partial charge is 0.356 e. The Labute approximate surface area is 85.7 Å². The van der Waals surface area contributed by atoms with E-state index in [1.165, 1.54) is 0 Å². The fourth-order valence-corrected chi connectivity index (χ4v) is 1.30. The van der Waals surface area contributed by atoms with Crippen LogP contribution >= 0.6 is 0 Å². The molecule has 82 valence electrons. The van der Waals surface area contributed by atoms with Crippen molar-refractivity contribution in [2.24, 2.45) is 0 Å². The van der Waals surface area contributed by atoms with Gasteiger partial charge in [-0.3, -0.25) is 9.59 Å². The summed E-state index contributed by atoms with van der Waals surface area (Å²) in [6, 6.07) is -0.0779. The summed E-state index contributed by atoms with van der Waals surface area (Å²) in [5.41, 5.74) is 0. The van der Waals surface area contributed by atoms with Gasteiger partial charge in [-0.15, -0.1) is 0 Å². The molecule has 0 aromatic carbocycles. The molecule has 0 aromatic rings. The summed E-state index contributed by atoms with van der Waals surface area (Å²) >= 11 is 0. The topological polar surface area (TPSA) is 49.4 Å². The quantitative estimate of drug-likeness (QED) is 0.617. The maximum absolute atomic E-state index is 11.6. The van der Waals surface area contributed by atoms with Crippen molar-refractivity contribution >= 4 is 12.3 Å². The molecule has 0 saturated heterocycles. The van der Waals surface area contributed by atoms with Crippen LogP contribution in [0.5, 0.6) is 0 Å². The van der Waals surface area contributed by atoms with E-state index in [-0.39, 0.29) is 11.9 Å². The van der Waals surface area contributed by atoms with Gasteiger partial charge in [-0.25, -0.2) is 0 Å². The molecule has 0 heterocycles. The number of hydrogen-bond acceptors (Lipinski definition) is 2. The highest BCUT2D eigenvalue weighted by molar-refractivity contribution is 5.77. The summed E-state index contributed by atoms with van der Waals surface area (Å²) in [5.74, 6) is 0.108. The van der Waals surface area contributed by atoms with E-state index in [1.807, 2.05) is 25.7 Å². The number of carbonyl (C=O) groups excluding carboxylic acids is 2. The highest BCUT2D eigenvalue weighted by atomic mass is 16.2. The number of carbonyl (C=O) groups is 2. The summed E-state index contributed by atoms with van der Waals surface area (Å²) in [4.78, 5) is 23.6. The van der Waals surface area contributed by atoms with Gasteiger partial charge in [0.1, 0.15) is 0 Å². The van der Waals surface area contributed by atoms with Crippen LogP contribution in [-0.2, 0) is 9.59 Å². The predicted octanol–water partition coefficient (Wildman–Crippen LogP) is 0.769. The molecule has 4 nitrogen and oxygen atoms in total. The second kappa shape index (κ2) is 7.35. The van der Waals surface area contributed by atoms with Crippen molar-refractivity contribution < 1.29 is 9.59 Å². The average Bonchev–Trinajstić information content (AvgIpc) is 2.14. The first-order chi connectivity index (χ1) is 6.65. The van der Waals surface area contributed by atoms with E-state index in [0.29, 0.717) is 12.8 Å². The number of rotatable bonds is 7. The van der Waals surface area contributed by atoms with Crippen LogP contribution < -0.4 is 5.32 Å². The lowest BCUT2D eigenvalue weighted by molar-refractivity contribution is -0.131. The lowest BCUT2D eigenvalue weighted by atomic mass is 10.2. The Kier molecular flexibility index (Phi) is 6.80. The molecule has 2 amide bonds. The van der Waals surface area contributed by atoms with E-state index in [4.69, 9.17) is 0 Å². The third kappa shape index (κ3) is 4.84. The second-order valence-electron chi connectivity index (χ2n) is 3.36. The Bertz CT molecular complexity index is 183. The van der Waals surface area contributed by atoms with Gasteiger partial charge in [0.15, 0.2) is 0 Å². The first-order valence-corrected chi connectivity index (χ1v) is 5.13. The zero-order chi connectivity index (χ0) is 11.0. The first kappa shape index (κ1) is 12.9. The average molecular weight is 200 g/mol. The van der Waals surface area contributed by atoms with E-state index < -0.39 is 0 Å². The van der Waals surface area contributed by atoms with Crippen LogP contribution in [0.15, 0.2) is 0 Å². The van der Waals surface area contributed by atoms with Gasteiger partial charge in [-0.2, -0.15) is 0 Å². The van der Waals surface area contributed by atoms with Crippen LogP contribution in [0.4, 0.5) is 0 Å². The molecule has 4 heteroatoms. The standard InChI is InChI=1S/C10H20N2O2/c1-4-6-12(5-2)10(14)7-9(3)11-8-13/h8-9H,4-7H2,1-3H3,(H,11,13). The van der Waals surface area contributed by atoms with Gasteiger partial charge >= 0.3 is 0 Å². The van der Waals surface area contributed by atoms with Gasteiger partial charge in [0.05, 0.1) is 0 Å². The summed E-state index contributed by atoms with van der Waals surface area (Å²) in [6.07, 6.45) is 1.98. The van der Waals surface area contributed by atoms with E-state index in [1.54, 1.807) is 0 Å². The van der Waals surface area contributed by atoms with Crippen LogP contribution in [0, 0.1) is 0 Å². The highest BCUT2D eigenvalue weighted by Gasteiger charge is 2.13.